The summed E-state index contributed by atoms with van der Waals surface area (Å²) < 4.78 is 0. The van der Waals surface area contributed by atoms with E-state index in [0.29, 0.717) is 11.6 Å². The first-order valence-corrected chi connectivity index (χ1v) is 6.40. The molecule has 0 unspecified atom stereocenters. The van der Waals surface area contributed by atoms with E-state index in [1.807, 2.05) is 30.3 Å². The lowest BCUT2D eigenvalue weighted by molar-refractivity contribution is 0.0952. The van der Waals surface area contributed by atoms with E-state index in [0.717, 1.165) is 5.56 Å². The molecular weight excluding hydrogens is 283 g/mol. The molecule has 98 valence electrons. The van der Waals surface area contributed by atoms with E-state index in [1.165, 1.54) is 12.1 Å². The first kappa shape index (κ1) is 13.7. The van der Waals surface area contributed by atoms with E-state index >= 15 is 0 Å². The van der Waals surface area contributed by atoms with E-state index in [1.54, 1.807) is 0 Å². The molecule has 2 aromatic carbocycles. The summed E-state index contributed by atoms with van der Waals surface area (Å²) in [5.41, 5.74) is 7.28. The van der Waals surface area contributed by atoms with Crippen LogP contribution in [0.15, 0.2) is 42.5 Å². The lowest BCUT2D eigenvalue weighted by Gasteiger charge is -2.10. The van der Waals surface area contributed by atoms with Crippen LogP contribution in [0.2, 0.25) is 10.0 Å². The number of hydrogen-bond donors (Lipinski definition) is 2. The molecule has 0 aliphatic rings. The van der Waals surface area contributed by atoms with Crippen LogP contribution in [0.5, 0.6) is 0 Å². The highest BCUT2D eigenvalue weighted by Gasteiger charge is 2.14. The van der Waals surface area contributed by atoms with Crippen molar-refractivity contribution in [3.8, 4) is 0 Å². The predicted octanol–water partition coefficient (Wildman–Crippen LogP) is 3.51. The van der Waals surface area contributed by atoms with Crippen molar-refractivity contribution in [1.82, 2.24) is 5.32 Å². The number of hydrogen-bond acceptors (Lipinski definition) is 2. The number of nitrogen functional groups attached to an aromatic ring is 1. The molecule has 0 aliphatic carbocycles. The number of rotatable bonds is 3. The van der Waals surface area contributed by atoms with E-state index in [-0.39, 0.29) is 22.2 Å². The van der Waals surface area contributed by atoms with E-state index in [9.17, 15) is 4.79 Å². The second kappa shape index (κ2) is 5.95. The summed E-state index contributed by atoms with van der Waals surface area (Å²) in [5.74, 6) is -0.317. The van der Waals surface area contributed by atoms with Crippen molar-refractivity contribution >= 4 is 34.8 Å². The minimum atomic E-state index is -0.317. The Labute approximate surface area is 121 Å². The average molecular weight is 295 g/mol. The standard InChI is InChI=1S/C14H12Cl2N2O/c15-10-6-11(16)13(12(17)7-10)14(19)18-8-9-4-2-1-3-5-9/h1-7H,8,17H2,(H,18,19). The van der Waals surface area contributed by atoms with Crippen LogP contribution in [0, 0.1) is 0 Å². The predicted molar refractivity (Wildman–Crippen MR) is 78.5 cm³/mol. The Kier molecular flexibility index (Phi) is 4.30. The molecular formula is C14H12Cl2N2O. The number of nitrogens with two attached hydrogens (primary N) is 1. The Balaban J connectivity index is 2.13. The zero-order valence-electron chi connectivity index (χ0n) is 9.99. The maximum absolute atomic E-state index is 12.1. The number of anilines is 1. The molecule has 2 rings (SSSR count). The molecule has 0 saturated heterocycles. The third kappa shape index (κ3) is 3.40. The summed E-state index contributed by atoms with van der Waals surface area (Å²) >= 11 is 11.8. The molecule has 3 N–H and O–H groups in total. The van der Waals surface area contributed by atoms with Gasteiger partial charge in [-0.3, -0.25) is 4.79 Å². The number of nitrogens with one attached hydrogen (secondary N) is 1. The van der Waals surface area contributed by atoms with Gasteiger partial charge in [0.05, 0.1) is 10.6 Å². The van der Waals surface area contributed by atoms with Crippen molar-refractivity contribution in [3.63, 3.8) is 0 Å². The topological polar surface area (TPSA) is 55.1 Å². The van der Waals surface area contributed by atoms with Crippen molar-refractivity contribution in [2.45, 2.75) is 6.54 Å². The van der Waals surface area contributed by atoms with Crippen LogP contribution in [-0.2, 0) is 6.54 Å². The van der Waals surface area contributed by atoms with Crippen LogP contribution in [0.25, 0.3) is 0 Å². The molecule has 0 saturated carbocycles. The summed E-state index contributed by atoms with van der Waals surface area (Å²) in [6, 6.07) is 12.6. The van der Waals surface area contributed by atoms with Gasteiger partial charge in [-0.2, -0.15) is 0 Å². The van der Waals surface area contributed by atoms with Crippen LogP contribution in [-0.4, -0.2) is 5.91 Å². The van der Waals surface area contributed by atoms with Crippen molar-refractivity contribution < 1.29 is 4.79 Å². The molecule has 1 amide bonds. The van der Waals surface area contributed by atoms with Gasteiger partial charge in [0.1, 0.15) is 0 Å². The van der Waals surface area contributed by atoms with Gasteiger partial charge >= 0.3 is 0 Å². The zero-order valence-corrected chi connectivity index (χ0v) is 11.5. The van der Waals surface area contributed by atoms with Crippen molar-refractivity contribution in [1.29, 1.82) is 0 Å². The molecule has 0 spiro atoms. The molecule has 19 heavy (non-hydrogen) atoms. The maximum atomic E-state index is 12.1. The highest BCUT2D eigenvalue weighted by molar-refractivity contribution is 6.37. The molecule has 0 radical (unpaired) electrons. The Bertz CT molecular complexity index is 577. The molecule has 0 aromatic heterocycles. The number of benzene rings is 2. The highest BCUT2D eigenvalue weighted by atomic mass is 35.5. The summed E-state index contributed by atoms with van der Waals surface area (Å²) in [6.07, 6.45) is 0. The van der Waals surface area contributed by atoms with Crippen LogP contribution < -0.4 is 11.1 Å². The smallest absolute Gasteiger partial charge is 0.255 e. The number of amides is 1. The van der Waals surface area contributed by atoms with E-state index in [4.69, 9.17) is 28.9 Å². The first-order chi connectivity index (χ1) is 9.08. The fourth-order valence-electron chi connectivity index (χ4n) is 1.70. The molecule has 3 nitrogen and oxygen atoms in total. The SMILES string of the molecule is Nc1cc(Cl)cc(Cl)c1C(=O)NCc1ccccc1. The molecule has 0 heterocycles. The van der Waals surface area contributed by atoms with Crippen molar-refractivity contribution in [2.24, 2.45) is 0 Å². The van der Waals surface area contributed by atoms with E-state index in [2.05, 4.69) is 5.32 Å². The monoisotopic (exact) mass is 294 g/mol. The average Bonchev–Trinajstić information content (AvgIpc) is 2.36. The second-order valence-electron chi connectivity index (χ2n) is 4.02. The molecule has 0 aliphatic heterocycles. The number of carbonyl (C=O) groups excluding carboxylic acids is 1. The molecule has 0 fully saturated rings. The van der Waals surface area contributed by atoms with Gasteiger partial charge in [-0.05, 0) is 17.7 Å². The van der Waals surface area contributed by atoms with Crippen LogP contribution in [0.4, 0.5) is 5.69 Å². The van der Waals surface area contributed by atoms with Crippen LogP contribution >= 0.6 is 23.2 Å². The highest BCUT2D eigenvalue weighted by Crippen LogP contribution is 2.27. The minimum Gasteiger partial charge on any atom is -0.398 e. The molecule has 2 aromatic rings. The molecule has 0 bridgehead atoms. The molecule has 0 atom stereocenters. The van der Waals surface area contributed by atoms with Gasteiger partial charge in [-0.1, -0.05) is 53.5 Å². The molecule has 5 heteroatoms. The van der Waals surface area contributed by atoms with Gasteiger partial charge in [-0.15, -0.1) is 0 Å². The first-order valence-electron chi connectivity index (χ1n) is 5.64. The maximum Gasteiger partial charge on any atom is 0.255 e. The second-order valence-corrected chi connectivity index (χ2v) is 4.86. The largest absolute Gasteiger partial charge is 0.398 e. The van der Waals surface area contributed by atoms with Gasteiger partial charge < -0.3 is 11.1 Å². The third-order valence-electron chi connectivity index (χ3n) is 2.61. The quantitative estimate of drug-likeness (QED) is 0.851. The fraction of sp³-hybridized carbons (Fsp3) is 0.0714. The Morgan fingerprint density at radius 3 is 2.47 bits per heavy atom. The minimum absolute atomic E-state index is 0.246. The number of halogens is 2. The normalized spacial score (nSPS) is 10.2. The van der Waals surface area contributed by atoms with Gasteiger partial charge in [0.25, 0.3) is 5.91 Å². The van der Waals surface area contributed by atoms with Gasteiger partial charge in [0, 0.05) is 17.3 Å². The Morgan fingerprint density at radius 1 is 1.16 bits per heavy atom. The fourth-order valence-corrected chi connectivity index (χ4v) is 2.29. The lowest BCUT2D eigenvalue weighted by atomic mass is 10.1. The van der Waals surface area contributed by atoms with Crippen molar-refractivity contribution in [3.05, 3.63) is 63.6 Å². The Hall–Kier alpha value is -1.71. The Morgan fingerprint density at radius 2 is 1.84 bits per heavy atom. The van der Waals surface area contributed by atoms with Gasteiger partial charge in [0.15, 0.2) is 0 Å². The summed E-state index contributed by atoms with van der Waals surface area (Å²) in [7, 11) is 0. The van der Waals surface area contributed by atoms with Gasteiger partial charge in [0.2, 0.25) is 0 Å². The van der Waals surface area contributed by atoms with Crippen molar-refractivity contribution in [2.75, 3.05) is 5.73 Å². The lowest BCUT2D eigenvalue weighted by Crippen LogP contribution is -2.24. The van der Waals surface area contributed by atoms with E-state index < -0.39 is 0 Å². The van der Waals surface area contributed by atoms with Crippen LogP contribution in [0.1, 0.15) is 15.9 Å². The summed E-state index contributed by atoms with van der Waals surface area (Å²) in [6.45, 7) is 0.415. The third-order valence-corrected chi connectivity index (χ3v) is 3.12. The van der Waals surface area contributed by atoms with Gasteiger partial charge in [-0.25, -0.2) is 0 Å². The summed E-state index contributed by atoms with van der Waals surface area (Å²) in [4.78, 5) is 12.1. The van der Waals surface area contributed by atoms with Crippen LogP contribution in [0.3, 0.4) is 0 Å². The summed E-state index contributed by atoms with van der Waals surface area (Å²) in [5, 5.41) is 3.42. The zero-order chi connectivity index (χ0) is 13.8. The number of carbonyl (C=O) groups is 1.